The zero-order chi connectivity index (χ0) is 9.42. The largest absolute Gasteiger partial charge is 0.373 e. The Morgan fingerprint density at radius 2 is 2.08 bits per heavy atom. The Hall–Kier alpha value is -0.880. The van der Waals surface area contributed by atoms with Crippen molar-refractivity contribution in [2.45, 2.75) is 25.2 Å². The van der Waals surface area contributed by atoms with Crippen LogP contribution in [0.1, 0.15) is 6.92 Å². The molecular formula is C7H11NO5. The van der Waals surface area contributed by atoms with Crippen molar-refractivity contribution < 1.29 is 19.4 Å². The summed E-state index contributed by atoms with van der Waals surface area (Å²) in [5.41, 5.74) is 0. The highest BCUT2D eigenvalue weighted by molar-refractivity contribution is 4.92. The lowest BCUT2D eigenvalue weighted by Crippen LogP contribution is -2.32. The minimum absolute atomic E-state index is 0.0371. The van der Waals surface area contributed by atoms with Gasteiger partial charge >= 0.3 is 0 Å². The van der Waals surface area contributed by atoms with Crippen molar-refractivity contribution in [2.24, 2.45) is 5.92 Å². The summed E-state index contributed by atoms with van der Waals surface area (Å²) < 4.78 is 10.7. The lowest BCUT2D eigenvalue weighted by atomic mass is 10.0. The summed E-state index contributed by atoms with van der Waals surface area (Å²) in [5.74, 6) is 0.297. The Labute approximate surface area is 74.9 Å². The van der Waals surface area contributed by atoms with Gasteiger partial charge in [-0.15, -0.1) is 10.1 Å². The van der Waals surface area contributed by atoms with Crippen molar-refractivity contribution in [2.75, 3.05) is 13.2 Å². The molecule has 2 aliphatic heterocycles. The lowest BCUT2D eigenvalue weighted by molar-refractivity contribution is -0.769. The van der Waals surface area contributed by atoms with Crippen LogP contribution in [-0.4, -0.2) is 36.6 Å². The number of hydrogen-bond donors (Lipinski definition) is 0. The summed E-state index contributed by atoms with van der Waals surface area (Å²) >= 11 is 0. The molecule has 2 fully saturated rings. The number of ether oxygens (including phenoxy) is 2. The predicted octanol–water partition coefficient (Wildman–Crippen LogP) is -0.00300. The maximum absolute atomic E-state index is 10.1. The van der Waals surface area contributed by atoms with Crippen molar-refractivity contribution in [1.82, 2.24) is 0 Å². The molecule has 6 nitrogen and oxygen atoms in total. The zero-order valence-electron chi connectivity index (χ0n) is 7.21. The standard InChI is InChI=1S/C7H11NO5/c1-4-2-11-7-5(13-8(9)10)3-12-6(4)7/h4-7H,2-3H2,1H3/t4-,5-,6+,7+/m0/s1. The van der Waals surface area contributed by atoms with Crippen molar-refractivity contribution >= 4 is 0 Å². The van der Waals surface area contributed by atoms with E-state index in [9.17, 15) is 10.1 Å². The van der Waals surface area contributed by atoms with Crippen LogP contribution in [0.25, 0.3) is 0 Å². The average molecular weight is 189 g/mol. The highest BCUT2D eigenvalue weighted by atomic mass is 17.0. The molecule has 0 spiro atoms. The van der Waals surface area contributed by atoms with Crippen molar-refractivity contribution in [3.63, 3.8) is 0 Å². The zero-order valence-corrected chi connectivity index (χ0v) is 7.21. The second-order valence-corrected chi connectivity index (χ2v) is 3.44. The molecule has 4 atom stereocenters. The number of hydrogen-bond acceptors (Lipinski definition) is 5. The van der Waals surface area contributed by atoms with Crippen LogP contribution in [0.2, 0.25) is 0 Å². The average Bonchev–Trinajstić information content (AvgIpc) is 2.56. The Balaban J connectivity index is 1.98. The molecular weight excluding hydrogens is 178 g/mol. The third kappa shape index (κ3) is 1.47. The summed E-state index contributed by atoms with van der Waals surface area (Å²) in [4.78, 5) is 14.5. The second kappa shape index (κ2) is 3.12. The van der Waals surface area contributed by atoms with Gasteiger partial charge in [0.1, 0.15) is 6.10 Å². The summed E-state index contributed by atoms with van der Waals surface area (Å²) in [5, 5.41) is 9.31. The van der Waals surface area contributed by atoms with E-state index in [-0.39, 0.29) is 18.8 Å². The SMILES string of the molecule is C[C@H]1CO[C@H]2[C@@H]1OC[C@@H]2O[N+](=O)[O-]. The fourth-order valence-corrected chi connectivity index (χ4v) is 1.86. The van der Waals surface area contributed by atoms with E-state index >= 15 is 0 Å². The first-order valence-electron chi connectivity index (χ1n) is 4.23. The lowest BCUT2D eigenvalue weighted by Gasteiger charge is -2.13. The summed E-state index contributed by atoms with van der Waals surface area (Å²) in [7, 11) is 0. The Bertz CT molecular complexity index is 221. The topological polar surface area (TPSA) is 70.8 Å². The summed E-state index contributed by atoms with van der Waals surface area (Å²) in [6.45, 7) is 2.84. The molecule has 0 aromatic heterocycles. The number of fused-ring (bicyclic) bond motifs is 1. The highest BCUT2D eigenvalue weighted by Gasteiger charge is 2.47. The normalized spacial score (nSPS) is 43.2. The molecule has 0 aliphatic carbocycles. The van der Waals surface area contributed by atoms with E-state index in [1.54, 1.807) is 0 Å². The predicted molar refractivity (Wildman–Crippen MR) is 40.5 cm³/mol. The first-order valence-corrected chi connectivity index (χ1v) is 4.23. The van der Waals surface area contributed by atoms with Crippen molar-refractivity contribution in [1.29, 1.82) is 0 Å². The molecule has 2 saturated heterocycles. The molecule has 0 bridgehead atoms. The van der Waals surface area contributed by atoms with Crippen LogP contribution in [-0.2, 0) is 14.3 Å². The maximum Gasteiger partial charge on any atom is 0.294 e. The first kappa shape index (κ1) is 8.71. The van der Waals surface area contributed by atoms with E-state index in [0.717, 1.165) is 0 Å². The molecule has 0 saturated carbocycles. The minimum Gasteiger partial charge on any atom is -0.373 e. The van der Waals surface area contributed by atoms with Crippen LogP contribution >= 0.6 is 0 Å². The monoisotopic (exact) mass is 189 g/mol. The van der Waals surface area contributed by atoms with E-state index < -0.39 is 11.2 Å². The van der Waals surface area contributed by atoms with Gasteiger partial charge in [0.15, 0.2) is 6.10 Å². The Morgan fingerprint density at radius 1 is 1.38 bits per heavy atom. The molecule has 0 N–H and O–H groups in total. The fraction of sp³-hybridized carbons (Fsp3) is 1.00. The first-order chi connectivity index (χ1) is 6.18. The van der Waals surface area contributed by atoms with Crippen LogP contribution in [0.4, 0.5) is 0 Å². The van der Waals surface area contributed by atoms with Gasteiger partial charge in [0.05, 0.1) is 19.3 Å². The molecule has 2 heterocycles. The van der Waals surface area contributed by atoms with Gasteiger partial charge in [-0.25, -0.2) is 0 Å². The van der Waals surface area contributed by atoms with Crippen LogP contribution in [0.3, 0.4) is 0 Å². The maximum atomic E-state index is 10.1. The van der Waals surface area contributed by atoms with Gasteiger partial charge in [0, 0.05) is 5.92 Å². The number of rotatable bonds is 2. The van der Waals surface area contributed by atoms with Crippen LogP contribution in [0, 0.1) is 16.0 Å². The molecule has 0 aromatic rings. The van der Waals surface area contributed by atoms with E-state index in [0.29, 0.717) is 12.5 Å². The van der Waals surface area contributed by atoms with Crippen LogP contribution in [0.15, 0.2) is 0 Å². The second-order valence-electron chi connectivity index (χ2n) is 3.44. The minimum atomic E-state index is -0.789. The molecule has 0 aromatic carbocycles. The Kier molecular flexibility index (Phi) is 2.09. The van der Waals surface area contributed by atoms with Crippen LogP contribution < -0.4 is 0 Å². The van der Waals surface area contributed by atoms with Gasteiger partial charge in [0.2, 0.25) is 0 Å². The van der Waals surface area contributed by atoms with Gasteiger partial charge < -0.3 is 14.3 Å². The smallest absolute Gasteiger partial charge is 0.294 e. The van der Waals surface area contributed by atoms with Gasteiger partial charge in [-0.3, -0.25) is 0 Å². The van der Waals surface area contributed by atoms with E-state index in [2.05, 4.69) is 4.84 Å². The Morgan fingerprint density at radius 3 is 2.77 bits per heavy atom. The van der Waals surface area contributed by atoms with Gasteiger partial charge in [-0.05, 0) is 0 Å². The highest BCUT2D eigenvalue weighted by Crippen LogP contribution is 2.32. The van der Waals surface area contributed by atoms with E-state index in [1.165, 1.54) is 0 Å². The molecule has 13 heavy (non-hydrogen) atoms. The fourth-order valence-electron chi connectivity index (χ4n) is 1.86. The van der Waals surface area contributed by atoms with Gasteiger partial charge in [0.25, 0.3) is 5.09 Å². The third-order valence-corrected chi connectivity index (χ3v) is 2.48. The molecule has 2 aliphatic rings. The molecule has 0 amide bonds. The van der Waals surface area contributed by atoms with Crippen molar-refractivity contribution in [3.05, 3.63) is 10.1 Å². The van der Waals surface area contributed by atoms with Crippen LogP contribution in [0.5, 0.6) is 0 Å². The summed E-state index contributed by atoms with van der Waals surface area (Å²) in [6, 6.07) is 0. The van der Waals surface area contributed by atoms with Crippen molar-refractivity contribution in [3.8, 4) is 0 Å². The summed E-state index contributed by atoms with van der Waals surface area (Å²) in [6.07, 6.45) is -0.852. The van der Waals surface area contributed by atoms with E-state index in [4.69, 9.17) is 9.47 Å². The molecule has 2 rings (SSSR count). The van der Waals surface area contributed by atoms with Gasteiger partial charge in [-0.2, -0.15) is 0 Å². The molecule has 0 radical (unpaired) electrons. The molecule has 74 valence electrons. The third-order valence-electron chi connectivity index (χ3n) is 2.48. The van der Waals surface area contributed by atoms with Gasteiger partial charge in [-0.1, -0.05) is 6.92 Å². The molecule has 0 unspecified atom stereocenters. The number of nitrogens with zero attached hydrogens (tertiary/aromatic N) is 1. The molecule has 6 heteroatoms. The quantitative estimate of drug-likeness (QED) is 0.451. The van der Waals surface area contributed by atoms with E-state index in [1.807, 2.05) is 6.92 Å².